The second-order valence-corrected chi connectivity index (χ2v) is 4.85. The lowest BCUT2D eigenvalue weighted by atomic mass is 10.00. The van der Waals surface area contributed by atoms with Crippen molar-refractivity contribution in [1.82, 2.24) is 10.6 Å². The summed E-state index contributed by atoms with van der Waals surface area (Å²) in [4.78, 5) is 21.9. The Balaban J connectivity index is 1.81. The summed E-state index contributed by atoms with van der Waals surface area (Å²) in [7, 11) is 0. The van der Waals surface area contributed by atoms with Crippen molar-refractivity contribution in [2.75, 3.05) is 25.0 Å². The summed E-state index contributed by atoms with van der Waals surface area (Å²) in [5.41, 5.74) is 0.373. The highest BCUT2D eigenvalue weighted by Crippen LogP contribution is 2.16. The van der Waals surface area contributed by atoms with E-state index in [9.17, 15) is 14.9 Å². The van der Waals surface area contributed by atoms with E-state index in [2.05, 4.69) is 16.0 Å². The van der Waals surface area contributed by atoms with Crippen LogP contribution in [0.5, 0.6) is 0 Å². The van der Waals surface area contributed by atoms with Gasteiger partial charge in [-0.1, -0.05) is 6.07 Å². The van der Waals surface area contributed by atoms with Crippen LogP contribution in [0.2, 0.25) is 0 Å². The Morgan fingerprint density at radius 2 is 2.35 bits per heavy atom. The number of nitrogens with one attached hydrogen (secondary N) is 3. The number of carbonyl (C=O) groups is 1. The Bertz CT molecular complexity index is 486. The van der Waals surface area contributed by atoms with E-state index in [1.807, 2.05) is 0 Å². The predicted molar refractivity (Wildman–Crippen MR) is 75.7 cm³/mol. The Hall–Kier alpha value is -2.15. The highest BCUT2D eigenvalue weighted by atomic mass is 16.6. The summed E-state index contributed by atoms with van der Waals surface area (Å²) in [6.07, 6.45) is 2.23. The minimum atomic E-state index is -0.489. The van der Waals surface area contributed by atoms with Gasteiger partial charge in [0.15, 0.2) is 0 Å². The summed E-state index contributed by atoms with van der Waals surface area (Å²) in [6, 6.07) is 5.54. The van der Waals surface area contributed by atoms with Gasteiger partial charge in [0.2, 0.25) is 0 Å². The fourth-order valence-corrected chi connectivity index (χ4v) is 2.21. The third-order valence-electron chi connectivity index (χ3n) is 3.27. The van der Waals surface area contributed by atoms with E-state index in [-0.39, 0.29) is 11.7 Å². The van der Waals surface area contributed by atoms with Crippen molar-refractivity contribution < 1.29 is 9.72 Å². The first-order valence-electron chi connectivity index (χ1n) is 6.65. The molecule has 0 aromatic heterocycles. The average molecular weight is 278 g/mol. The van der Waals surface area contributed by atoms with E-state index in [4.69, 9.17) is 0 Å². The number of nitro groups is 1. The van der Waals surface area contributed by atoms with E-state index in [0.29, 0.717) is 18.2 Å². The Labute approximate surface area is 116 Å². The zero-order chi connectivity index (χ0) is 14.4. The fourth-order valence-electron chi connectivity index (χ4n) is 2.21. The van der Waals surface area contributed by atoms with Crippen molar-refractivity contribution in [1.29, 1.82) is 0 Å². The number of hydrogen-bond donors (Lipinski definition) is 3. The molecular weight excluding hydrogens is 260 g/mol. The van der Waals surface area contributed by atoms with Crippen LogP contribution in [0.25, 0.3) is 0 Å². The van der Waals surface area contributed by atoms with Crippen molar-refractivity contribution in [3.8, 4) is 0 Å². The molecular formula is C13H18N4O3. The molecule has 1 unspecified atom stereocenters. The van der Waals surface area contributed by atoms with Crippen LogP contribution in [0, 0.1) is 16.0 Å². The summed E-state index contributed by atoms with van der Waals surface area (Å²) in [5, 5.41) is 19.3. The number of rotatable bonds is 4. The monoisotopic (exact) mass is 278 g/mol. The highest BCUT2D eigenvalue weighted by molar-refractivity contribution is 5.89. The number of benzene rings is 1. The van der Waals surface area contributed by atoms with Gasteiger partial charge < -0.3 is 16.0 Å². The van der Waals surface area contributed by atoms with Crippen molar-refractivity contribution in [2.45, 2.75) is 12.8 Å². The number of amides is 2. The quantitative estimate of drug-likeness (QED) is 0.577. The van der Waals surface area contributed by atoms with Gasteiger partial charge in [0.1, 0.15) is 0 Å². The maximum Gasteiger partial charge on any atom is 0.319 e. The molecule has 2 rings (SSSR count). The third kappa shape index (κ3) is 4.20. The summed E-state index contributed by atoms with van der Waals surface area (Å²) in [6.45, 7) is 2.56. The minimum Gasteiger partial charge on any atom is -0.338 e. The standard InChI is InChI=1S/C13H18N4O3/c18-13(15-9-10-3-2-6-14-8-10)16-11-4-1-5-12(7-11)17(19)20/h1,4-5,7,10,14H,2-3,6,8-9H2,(H2,15,16,18). The molecule has 1 atom stereocenters. The molecule has 0 saturated carbocycles. The lowest BCUT2D eigenvalue weighted by Crippen LogP contribution is -2.39. The molecule has 1 aliphatic rings. The van der Waals surface area contributed by atoms with Gasteiger partial charge in [-0.15, -0.1) is 0 Å². The topological polar surface area (TPSA) is 96.3 Å². The fraction of sp³-hybridized carbons (Fsp3) is 0.462. The first-order valence-corrected chi connectivity index (χ1v) is 6.65. The molecule has 1 aliphatic heterocycles. The van der Waals surface area contributed by atoms with E-state index >= 15 is 0 Å². The molecule has 108 valence electrons. The molecule has 1 aromatic carbocycles. The molecule has 2 amide bonds. The van der Waals surface area contributed by atoms with Gasteiger partial charge in [0.05, 0.1) is 4.92 Å². The van der Waals surface area contributed by atoms with Crippen LogP contribution in [0.3, 0.4) is 0 Å². The summed E-state index contributed by atoms with van der Waals surface area (Å²) < 4.78 is 0. The zero-order valence-corrected chi connectivity index (χ0v) is 11.1. The number of nitrogens with zero attached hydrogens (tertiary/aromatic N) is 1. The van der Waals surface area contributed by atoms with E-state index in [1.165, 1.54) is 12.1 Å². The minimum absolute atomic E-state index is 0.0423. The first kappa shape index (κ1) is 14.3. The predicted octanol–water partition coefficient (Wildman–Crippen LogP) is 1.72. The molecule has 1 heterocycles. The first-order chi connectivity index (χ1) is 9.65. The van der Waals surface area contributed by atoms with E-state index in [1.54, 1.807) is 12.1 Å². The Kier molecular flexibility index (Phi) is 4.89. The number of nitro benzene ring substituents is 1. The lowest BCUT2D eigenvalue weighted by molar-refractivity contribution is -0.384. The van der Waals surface area contributed by atoms with Gasteiger partial charge >= 0.3 is 6.03 Å². The number of urea groups is 1. The van der Waals surface area contributed by atoms with Crippen LogP contribution in [0.15, 0.2) is 24.3 Å². The van der Waals surface area contributed by atoms with E-state index < -0.39 is 4.92 Å². The number of hydrogen-bond acceptors (Lipinski definition) is 4. The normalized spacial score (nSPS) is 18.3. The molecule has 0 spiro atoms. The smallest absolute Gasteiger partial charge is 0.319 e. The molecule has 1 saturated heterocycles. The van der Waals surface area contributed by atoms with Crippen LogP contribution < -0.4 is 16.0 Å². The number of carbonyl (C=O) groups excluding carboxylic acids is 1. The maximum atomic E-state index is 11.7. The second kappa shape index (κ2) is 6.85. The summed E-state index contributed by atoms with van der Waals surface area (Å²) >= 11 is 0. The molecule has 0 aliphatic carbocycles. The largest absolute Gasteiger partial charge is 0.338 e. The van der Waals surface area contributed by atoms with Crippen LogP contribution >= 0.6 is 0 Å². The van der Waals surface area contributed by atoms with Crippen molar-refractivity contribution >= 4 is 17.4 Å². The molecule has 1 fully saturated rings. The van der Waals surface area contributed by atoms with Gasteiger partial charge in [-0.3, -0.25) is 10.1 Å². The van der Waals surface area contributed by atoms with Gasteiger partial charge in [-0.2, -0.15) is 0 Å². The van der Waals surface area contributed by atoms with Crippen molar-refractivity contribution in [3.63, 3.8) is 0 Å². The molecule has 7 nitrogen and oxygen atoms in total. The highest BCUT2D eigenvalue weighted by Gasteiger charge is 2.14. The molecule has 1 aromatic rings. The van der Waals surface area contributed by atoms with Crippen molar-refractivity contribution in [2.24, 2.45) is 5.92 Å². The van der Waals surface area contributed by atoms with Crippen LogP contribution in [-0.2, 0) is 0 Å². The van der Waals surface area contributed by atoms with Gasteiger partial charge in [-0.05, 0) is 37.9 Å². The molecule has 0 bridgehead atoms. The number of anilines is 1. The van der Waals surface area contributed by atoms with Crippen LogP contribution in [0.1, 0.15) is 12.8 Å². The molecule has 20 heavy (non-hydrogen) atoms. The van der Waals surface area contributed by atoms with E-state index in [0.717, 1.165) is 25.9 Å². The van der Waals surface area contributed by atoms with Crippen LogP contribution in [0.4, 0.5) is 16.2 Å². The third-order valence-corrected chi connectivity index (χ3v) is 3.27. The molecule has 0 radical (unpaired) electrons. The number of piperidine rings is 1. The van der Waals surface area contributed by atoms with Gasteiger partial charge in [0.25, 0.3) is 5.69 Å². The zero-order valence-electron chi connectivity index (χ0n) is 11.1. The Morgan fingerprint density at radius 1 is 1.50 bits per heavy atom. The lowest BCUT2D eigenvalue weighted by Gasteiger charge is -2.22. The van der Waals surface area contributed by atoms with Gasteiger partial charge in [0, 0.05) is 24.4 Å². The maximum absolute atomic E-state index is 11.7. The summed E-state index contributed by atoms with van der Waals surface area (Å²) in [5.74, 6) is 0.444. The van der Waals surface area contributed by atoms with Gasteiger partial charge in [-0.25, -0.2) is 4.79 Å². The van der Waals surface area contributed by atoms with Crippen molar-refractivity contribution in [3.05, 3.63) is 34.4 Å². The SMILES string of the molecule is O=C(NCC1CCCNC1)Nc1cccc([N+](=O)[O-])c1. The number of non-ortho nitro benzene ring substituents is 1. The molecule has 3 N–H and O–H groups in total. The van der Waals surface area contributed by atoms with Crippen LogP contribution in [-0.4, -0.2) is 30.6 Å². The molecule has 7 heteroatoms. The Morgan fingerprint density at radius 3 is 3.05 bits per heavy atom. The average Bonchev–Trinajstić information content (AvgIpc) is 2.46. The second-order valence-electron chi connectivity index (χ2n) is 4.85.